The number of halogens is 5. The topological polar surface area (TPSA) is 49.3 Å². The second kappa shape index (κ2) is 7.55. The zero-order valence-corrected chi connectivity index (χ0v) is 17.4. The number of rotatable bonds is 2. The third kappa shape index (κ3) is 3.80. The van der Waals surface area contributed by atoms with Gasteiger partial charge in [-0.05, 0) is 73.1 Å². The molecule has 1 heterocycles. The number of amides is 1. The molecule has 1 aliphatic heterocycles. The number of alkyl halides is 3. The Balaban J connectivity index is 1.72. The summed E-state index contributed by atoms with van der Waals surface area (Å²) in [5.41, 5.74) is 1.20. The molecule has 1 spiro atoms. The van der Waals surface area contributed by atoms with Crippen LogP contribution in [0.5, 0.6) is 0 Å². The maximum Gasteiger partial charge on any atom is 0.391 e. The van der Waals surface area contributed by atoms with Crippen LogP contribution >= 0.6 is 11.6 Å². The highest BCUT2D eigenvalue weighted by molar-refractivity contribution is 6.30. The summed E-state index contributed by atoms with van der Waals surface area (Å²) in [6.07, 6.45) is -4.59. The molecule has 2 aliphatic rings. The molecule has 164 valence electrons. The molecule has 2 aromatic carbocycles. The SMILES string of the molecule is Cc1ccc(-c2ccc(Cl)c(F)c2)cc1C1=C(O)C2(CCC(C(F)(F)F)CC2)NC1=O. The number of aliphatic hydroxyl groups is 1. The summed E-state index contributed by atoms with van der Waals surface area (Å²) >= 11 is 5.75. The number of hydrogen-bond donors (Lipinski definition) is 2. The van der Waals surface area contributed by atoms with E-state index in [1.165, 1.54) is 12.1 Å². The summed E-state index contributed by atoms with van der Waals surface area (Å²) in [6.45, 7) is 1.76. The summed E-state index contributed by atoms with van der Waals surface area (Å²) < 4.78 is 53.0. The molecule has 31 heavy (non-hydrogen) atoms. The number of benzene rings is 2. The van der Waals surface area contributed by atoms with Crippen LogP contribution in [-0.2, 0) is 4.79 Å². The highest BCUT2D eigenvalue weighted by Gasteiger charge is 2.52. The number of carbonyl (C=O) groups is 1. The molecule has 0 bridgehead atoms. The van der Waals surface area contributed by atoms with Crippen LogP contribution in [0.2, 0.25) is 5.02 Å². The van der Waals surface area contributed by atoms with Crippen LogP contribution in [0, 0.1) is 18.7 Å². The number of aryl methyl sites for hydroxylation is 1. The number of hydrogen-bond acceptors (Lipinski definition) is 2. The minimum atomic E-state index is -4.29. The normalized spacial score (nSPS) is 24.1. The van der Waals surface area contributed by atoms with Crippen LogP contribution in [-0.4, -0.2) is 22.7 Å². The van der Waals surface area contributed by atoms with E-state index in [1.54, 1.807) is 31.2 Å². The summed E-state index contributed by atoms with van der Waals surface area (Å²) in [7, 11) is 0. The maximum absolute atomic E-state index is 13.9. The lowest BCUT2D eigenvalue weighted by Crippen LogP contribution is -2.48. The standard InChI is InChI=1S/C23H20ClF4NO2/c1-12-2-3-13(14-4-5-17(24)18(25)11-14)10-16(12)19-20(30)22(29-21(19)31)8-6-15(7-9-22)23(26,27)28/h2-5,10-11,15,30H,6-9H2,1H3,(H,29,31). The van der Waals surface area contributed by atoms with Crippen molar-refractivity contribution in [3.63, 3.8) is 0 Å². The van der Waals surface area contributed by atoms with Gasteiger partial charge in [-0.3, -0.25) is 4.79 Å². The van der Waals surface area contributed by atoms with Crippen molar-refractivity contribution in [3.05, 3.63) is 64.1 Å². The predicted molar refractivity (Wildman–Crippen MR) is 110 cm³/mol. The van der Waals surface area contributed by atoms with E-state index in [-0.39, 0.29) is 42.0 Å². The average molecular weight is 454 g/mol. The van der Waals surface area contributed by atoms with Gasteiger partial charge in [-0.1, -0.05) is 29.8 Å². The minimum absolute atomic E-state index is 0.0111. The monoisotopic (exact) mass is 453 g/mol. The van der Waals surface area contributed by atoms with E-state index in [4.69, 9.17) is 11.6 Å². The fourth-order valence-corrected chi connectivity index (χ4v) is 4.60. The first kappa shape index (κ1) is 21.7. The van der Waals surface area contributed by atoms with E-state index in [0.717, 1.165) is 0 Å². The molecule has 1 aliphatic carbocycles. The Kier molecular flexibility index (Phi) is 5.28. The lowest BCUT2D eigenvalue weighted by molar-refractivity contribution is -0.184. The minimum Gasteiger partial charge on any atom is -0.509 e. The first-order chi connectivity index (χ1) is 14.5. The molecule has 0 aromatic heterocycles. The van der Waals surface area contributed by atoms with Crippen molar-refractivity contribution < 1.29 is 27.5 Å². The van der Waals surface area contributed by atoms with E-state index < -0.39 is 29.4 Å². The number of aliphatic hydroxyl groups excluding tert-OH is 1. The van der Waals surface area contributed by atoms with Gasteiger partial charge in [-0.15, -0.1) is 0 Å². The first-order valence-electron chi connectivity index (χ1n) is 9.91. The van der Waals surface area contributed by atoms with Crippen LogP contribution in [0.1, 0.15) is 36.8 Å². The van der Waals surface area contributed by atoms with Crippen LogP contribution in [0.15, 0.2) is 42.2 Å². The summed E-state index contributed by atoms with van der Waals surface area (Å²) in [6, 6.07) is 9.53. The van der Waals surface area contributed by atoms with Gasteiger partial charge in [0.25, 0.3) is 5.91 Å². The Labute approximate surface area is 181 Å². The van der Waals surface area contributed by atoms with Gasteiger partial charge >= 0.3 is 6.18 Å². The fourth-order valence-electron chi connectivity index (χ4n) is 4.48. The third-order valence-electron chi connectivity index (χ3n) is 6.33. The van der Waals surface area contributed by atoms with Gasteiger partial charge in [0.2, 0.25) is 0 Å². The van der Waals surface area contributed by atoms with E-state index in [0.29, 0.717) is 22.3 Å². The van der Waals surface area contributed by atoms with Gasteiger partial charge in [0.15, 0.2) is 0 Å². The molecule has 0 saturated heterocycles. The first-order valence-corrected chi connectivity index (χ1v) is 10.3. The largest absolute Gasteiger partial charge is 0.509 e. The van der Waals surface area contributed by atoms with Gasteiger partial charge < -0.3 is 10.4 Å². The molecule has 0 radical (unpaired) electrons. The lowest BCUT2D eigenvalue weighted by atomic mass is 9.75. The number of nitrogens with one attached hydrogen (secondary N) is 1. The Morgan fingerprint density at radius 1 is 1.10 bits per heavy atom. The average Bonchev–Trinajstić information content (AvgIpc) is 2.94. The summed E-state index contributed by atoms with van der Waals surface area (Å²) in [5.74, 6) is -2.76. The van der Waals surface area contributed by atoms with Crippen LogP contribution in [0.3, 0.4) is 0 Å². The second-order valence-corrected chi connectivity index (χ2v) is 8.64. The van der Waals surface area contributed by atoms with Crippen molar-refractivity contribution in [1.82, 2.24) is 5.32 Å². The molecule has 0 unspecified atom stereocenters. The zero-order chi connectivity index (χ0) is 22.6. The van der Waals surface area contributed by atoms with Crippen molar-refractivity contribution in [2.24, 2.45) is 5.92 Å². The summed E-state index contributed by atoms with van der Waals surface area (Å²) in [4.78, 5) is 12.8. The van der Waals surface area contributed by atoms with Gasteiger partial charge in [-0.25, -0.2) is 4.39 Å². The van der Waals surface area contributed by atoms with E-state index in [1.807, 2.05) is 0 Å². The van der Waals surface area contributed by atoms with E-state index in [2.05, 4.69) is 5.32 Å². The zero-order valence-electron chi connectivity index (χ0n) is 16.6. The van der Waals surface area contributed by atoms with Crippen molar-refractivity contribution >= 4 is 23.1 Å². The Bertz CT molecular complexity index is 1090. The molecule has 1 amide bonds. The third-order valence-corrected chi connectivity index (χ3v) is 6.64. The van der Waals surface area contributed by atoms with Gasteiger partial charge in [-0.2, -0.15) is 13.2 Å². The Morgan fingerprint density at radius 2 is 1.71 bits per heavy atom. The predicted octanol–water partition coefficient (Wildman–Crippen LogP) is 6.34. The van der Waals surface area contributed by atoms with Crippen molar-refractivity contribution in [2.75, 3.05) is 0 Å². The second-order valence-electron chi connectivity index (χ2n) is 8.23. The highest BCUT2D eigenvalue weighted by atomic mass is 35.5. The Hall–Kier alpha value is -2.54. The van der Waals surface area contributed by atoms with Gasteiger partial charge in [0, 0.05) is 0 Å². The lowest BCUT2D eigenvalue weighted by Gasteiger charge is -2.37. The highest BCUT2D eigenvalue weighted by Crippen LogP contribution is 2.47. The quantitative estimate of drug-likeness (QED) is 0.521. The Morgan fingerprint density at radius 3 is 2.32 bits per heavy atom. The molecule has 2 aromatic rings. The molecule has 0 atom stereocenters. The molecule has 4 rings (SSSR count). The molecule has 8 heteroatoms. The molecular weight excluding hydrogens is 434 g/mol. The van der Waals surface area contributed by atoms with Crippen molar-refractivity contribution in [2.45, 2.75) is 44.3 Å². The van der Waals surface area contributed by atoms with Crippen LogP contribution in [0.25, 0.3) is 16.7 Å². The molecule has 2 N–H and O–H groups in total. The van der Waals surface area contributed by atoms with Gasteiger partial charge in [0.1, 0.15) is 11.6 Å². The molecule has 1 saturated carbocycles. The molecule has 1 fully saturated rings. The van der Waals surface area contributed by atoms with Crippen molar-refractivity contribution in [1.29, 1.82) is 0 Å². The molecule has 3 nitrogen and oxygen atoms in total. The van der Waals surface area contributed by atoms with Gasteiger partial charge in [0.05, 0.1) is 22.1 Å². The smallest absolute Gasteiger partial charge is 0.391 e. The number of carbonyl (C=O) groups excluding carboxylic acids is 1. The maximum atomic E-state index is 13.9. The van der Waals surface area contributed by atoms with Crippen LogP contribution in [0.4, 0.5) is 17.6 Å². The van der Waals surface area contributed by atoms with Crippen molar-refractivity contribution in [3.8, 4) is 11.1 Å². The van der Waals surface area contributed by atoms with E-state index >= 15 is 0 Å². The van der Waals surface area contributed by atoms with Crippen LogP contribution < -0.4 is 5.32 Å². The summed E-state index contributed by atoms with van der Waals surface area (Å²) in [5, 5.41) is 13.7. The fraction of sp³-hybridized carbons (Fsp3) is 0.348. The molecular formula is C23H20ClF4NO2. The van der Waals surface area contributed by atoms with E-state index in [9.17, 15) is 27.5 Å².